The minimum absolute atomic E-state index is 0.253. The molecule has 2 nitrogen and oxygen atoms in total. The standard InChI is InChI=1S/C14H23NO/c1-4-6-14(15)11(3)12-7-9-13(10-8-12)16-5-2/h7-11,14H,4-6,15H2,1-3H3. The molecule has 1 rings (SSSR count). The summed E-state index contributed by atoms with van der Waals surface area (Å²) in [6.45, 7) is 7.07. The normalized spacial score (nSPS) is 14.5. The molecule has 0 spiro atoms. The quantitative estimate of drug-likeness (QED) is 0.799. The first-order chi connectivity index (χ1) is 7.69. The zero-order valence-corrected chi connectivity index (χ0v) is 10.6. The fourth-order valence-electron chi connectivity index (χ4n) is 1.86. The van der Waals surface area contributed by atoms with Gasteiger partial charge in [0.25, 0.3) is 0 Å². The zero-order valence-electron chi connectivity index (χ0n) is 10.6. The number of nitrogens with two attached hydrogens (primary N) is 1. The molecule has 1 aromatic rings. The first kappa shape index (κ1) is 13.0. The van der Waals surface area contributed by atoms with Gasteiger partial charge in [-0.25, -0.2) is 0 Å². The van der Waals surface area contributed by atoms with E-state index in [0.29, 0.717) is 12.5 Å². The molecule has 16 heavy (non-hydrogen) atoms. The molecule has 0 aromatic heterocycles. The second kappa shape index (κ2) is 6.54. The molecule has 2 N–H and O–H groups in total. The lowest BCUT2D eigenvalue weighted by molar-refractivity contribution is 0.340. The summed E-state index contributed by atoms with van der Waals surface area (Å²) < 4.78 is 5.42. The maximum absolute atomic E-state index is 6.13. The van der Waals surface area contributed by atoms with Crippen molar-refractivity contribution in [2.45, 2.75) is 45.6 Å². The van der Waals surface area contributed by atoms with Crippen LogP contribution in [0.4, 0.5) is 0 Å². The zero-order chi connectivity index (χ0) is 12.0. The van der Waals surface area contributed by atoms with Crippen molar-refractivity contribution in [3.05, 3.63) is 29.8 Å². The van der Waals surface area contributed by atoms with Crippen LogP contribution in [0.3, 0.4) is 0 Å². The highest BCUT2D eigenvalue weighted by atomic mass is 16.5. The summed E-state index contributed by atoms with van der Waals surface area (Å²) in [6, 6.07) is 8.53. The van der Waals surface area contributed by atoms with Crippen LogP contribution in [-0.2, 0) is 0 Å². The average molecular weight is 221 g/mol. The van der Waals surface area contributed by atoms with Crippen molar-refractivity contribution in [1.29, 1.82) is 0 Å². The molecule has 1 aromatic carbocycles. The van der Waals surface area contributed by atoms with E-state index in [1.807, 2.05) is 19.1 Å². The molecule has 0 saturated carbocycles. The average Bonchev–Trinajstić information content (AvgIpc) is 2.30. The second-order valence-corrected chi connectivity index (χ2v) is 4.24. The highest BCUT2D eigenvalue weighted by Crippen LogP contribution is 2.23. The van der Waals surface area contributed by atoms with Gasteiger partial charge in [0.05, 0.1) is 6.61 Å². The Labute approximate surface area is 98.8 Å². The monoisotopic (exact) mass is 221 g/mol. The van der Waals surface area contributed by atoms with E-state index in [2.05, 4.69) is 26.0 Å². The van der Waals surface area contributed by atoms with Crippen LogP contribution in [0.2, 0.25) is 0 Å². The van der Waals surface area contributed by atoms with Crippen molar-refractivity contribution in [3.63, 3.8) is 0 Å². The summed E-state index contributed by atoms with van der Waals surface area (Å²) in [6.07, 6.45) is 2.22. The van der Waals surface area contributed by atoms with Gasteiger partial charge in [0.2, 0.25) is 0 Å². The van der Waals surface area contributed by atoms with E-state index in [4.69, 9.17) is 10.5 Å². The molecule has 0 saturated heterocycles. The maximum Gasteiger partial charge on any atom is 0.119 e. The van der Waals surface area contributed by atoms with Crippen molar-refractivity contribution < 1.29 is 4.74 Å². The van der Waals surface area contributed by atoms with Crippen LogP contribution < -0.4 is 10.5 Å². The largest absolute Gasteiger partial charge is 0.494 e. The fourth-order valence-corrected chi connectivity index (χ4v) is 1.86. The van der Waals surface area contributed by atoms with E-state index < -0.39 is 0 Å². The van der Waals surface area contributed by atoms with Gasteiger partial charge in [-0.2, -0.15) is 0 Å². The van der Waals surface area contributed by atoms with Crippen LogP contribution in [0.5, 0.6) is 5.75 Å². The van der Waals surface area contributed by atoms with E-state index in [0.717, 1.165) is 18.6 Å². The third kappa shape index (κ3) is 3.53. The van der Waals surface area contributed by atoms with Gasteiger partial charge in [-0.05, 0) is 37.0 Å². The molecule has 90 valence electrons. The number of ether oxygens (including phenoxy) is 1. The lowest BCUT2D eigenvalue weighted by Crippen LogP contribution is -2.26. The Morgan fingerprint density at radius 2 is 1.81 bits per heavy atom. The lowest BCUT2D eigenvalue weighted by atomic mass is 9.91. The van der Waals surface area contributed by atoms with Gasteiger partial charge >= 0.3 is 0 Å². The molecular weight excluding hydrogens is 198 g/mol. The smallest absolute Gasteiger partial charge is 0.119 e. The van der Waals surface area contributed by atoms with Crippen molar-refractivity contribution in [2.75, 3.05) is 6.61 Å². The van der Waals surface area contributed by atoms with Crippen molar-refractivity contribution in [1.82, 2.24) is 0 Å². The summed E-state index contributed by atoms with van der Waals surface area (Å²) in [5.41, 5.74) is 7.42. The van der Waals surface area contributed by atoms with Gasteiger partial charge in [0, 0.05) is 6.04 Å². The Balaban J connectivity index is 2.65. The molecule has 0 aliphatic rings. The summed E-state index contributed by atoms with van der Waals surface area (Å²) >= 11 is 0. The van der Waals surface area contributed by atoms with E-state index in [1.165, 1.54) is 5.56 Å². The SMILES string of the molecule is CCCC(N)C(C)c1ccc(OCC)cc1. The molecule has 0 aliphatic heterocycles. The van der Waals surface area contributed by atoms with Gasteiger partial charge in [-0.1, -0.05) is 32.4 Å². The Kier molecular flexibility index (Phi) is 5.33. The number of rotatable bonds is 6. The molecule has 0 radical (unpaired) electrons. The van der Waals surface area contributed by atoms with Gasteiger partial charge in [-0.15, -0.1) is 0 Å². The molecule has 0 amide bonds. The van der Waals surface area contributed by atoms with Gasteiger partial charge < -0.3 is 10.5 Å². The minimum atomic E-state index is 0.253. The van der Waals surface area contributed by atoms with Gasteiger partial charge in [0.1, 0.15) is 5.75 Å². The molecular formula is C14H23NO. The highest BCUT2D eigenvalue weighted by molar-refractivity contribution is 5.29. The maximum atomic E-state index is 6.13. The van der Waals surface area contributed by atoms with Crippen LogP contribution in [0.25, 0.3) is 0 Å². The van der Waals surface area contributed by atoms with Crippen LogP contribution in [0.15, 0.2) is 24.3 Å². The second-order valence-electron chi connectivity index (χ2n) is 4.24. The fraction of sp³-hybridized carbons (Fsp3) is 0.571. The third-order valence-corrected chi connectivity index (χ3v) is 2.98. The Bertz CT molecular complexity index is 294. The van der Waals surface area contributed by atoms with E-state index in [-0.39, 0.29) is 6.04 Å². The van der Waals surface area contributed by atoms with Crippen LogP contribution in [-0.4, -0.2) is 12.6 Å². The van der Waals surface area contributed by atoms with E-state index in [1.54, 1.807) is 0 Å². The Morgan fingerprint density at radius 3 is 2.31 bits per heavy atom. The van der Waals surface area contributed by atoms with Gasteiger partial charge in [-0.3, -0.25) is 0 Å². The molecule has 2 atom stereocenters. The predicted octanol–water partition coefficient (Wildman–Crippen LogP) is 3.32. The van der Waals surface area contributed by atoms with Crippen molar-refractivity contribution >= 4 is 0 Å². The first-order valence-electron chi connectivity index (χ1n) is 6.17. The summed E-state index contributed by atoms with van der Waals surface area (Å²) in [7, 11) is 0. The predicted molar refractivity (Wildman–Crippen MR) is 68.9 cm³/mol. The third-order valence-electron chi connectivity index (χ3n) is 2.98. The van der Waals surface area contributed by atoms with Gasteiger partial charge in [0.15, 0.2) is 0 Å². The molecule has 0 heterocycles. The molecule has 0 bridgehead atoms. The number of hydrogen-bond donors (Lipinski definition) is 1. The minimum Gasteiger partial charge on any atom is -0.494 e. The lowest BCUT2D eigenvalue weighted by Gasteiger charge is -2.19. The Hall–Kier alpha value is -1.02. The van der Waals surface area contributed by atoms with Crippen molar-refractivity contribution in [2.24, 2.45) is 5.73 Å². The van der Waals surface area contributed by atoms with Crippen LogP contribution in [0, 0.1) is 0 Å². The van der Waals surface area contributed by atoms with Crippen LogP contribution >= 0.6 is 0 Å². The van der Waals surface area contributed by atoms with Crippen molar-refractivity contribution in [3.8, 4) is 5.75 Å². The summed E-state index contributed by atoms with van der Waals surface area (Å²) in [4.78, 5) is 0. The van der Waals surface area contributed by atoms with E-state index in [9.17, 15) is 0 Å². The molecule has 2 unspecified atom stereocenters. The summed E-state index contributed by atoms with van der Waals surface area (Å²) in [5.74, 6) is 1.35. The molecule has 0 fully saturated rings. The number of hydrogen-bond acceptors (Lipinski definition) is 2. The summed E-state index contributed by atoms with van der Waals surface area (Å²) in [5, 5.41) is 0. The Morgan fingerprint density at radius 1 is 1.19 bits per heavy atom. The molecule has 2 heteroatoms. The first-order valence-corrected chi connectivity index (χ1v) is 6.17. The topological polar surface area (TPSA) is 35.2 Å². The number of benzene rings is 1. The molecule has 0 aliphatic carbocycles. The van der Waals surface area contributed by atoms with E-state index >= 15 is 0 Å². The highest BCUT2D eigenvalue weighted by Gasteiger charge is 2.13. The van der Waals surface area contributed by atoms with Crippen LogP contribution in [0.1, 0.15) is 45.1 Å².